The molecule has 0 aliphatic rings. The Morgan fingerprint density at radius 3 is 1.51 bits per heavy atom. The standard InChI is InChI=1S/C58H37NO2/c1-2-10-43-35-44(24-23-38(43)9-1)41-21-19-39(20-22-41)40-25-30-47(31-26-40)59(48-32-27-42(28-33-48)45-29-34-56-53(37-45)51-13-3-5-16-54(51)60-56)49-12-7-11-46(36-49)50-15-8-18-57-58(50)52-14-4-6-17-55(52)61-57/h1-37H. The van der Waals surface area contributed by atoms with E-state index >= 15 is 0 Å². The monoisotopic (exact) mass is 779 g/mol. The van der Waals surface area contributed by atoms with Crippen LogP contribution in [0.25, 0.3) is 99.2 Å². The number of benzene rings is 10. The number of furan rings is 2. The van der Waals surface area contributed by atoms with Gasteiger partial charge in [-0.3, -0.25) is 0 Å². The lowest BCUT2D eigenvalue weighted by atomic mass is 9.97. The van der Waals surface area contributed by atoms with Gasteiger partial charge in [0.15, 0.2) is 0 Å². The van der Waals surface area contributed by atoms with Crippen LogP contribution < -0.4 is 4.90 Å². The quantitative estimate of drug-likeness (QED) is 0.161. The highest BCUT2D eigenvalue weighted by Crippen LogP contribution is 2.42. The van der Waals surface area contributed by atoms with Gasteiger partial charge in [0.25, 0.3) is 0 Å². The maximum atomic E-state index is 6.30. The number of fused-ring (bicyclic) bond motifs is 7. The fraction of sp³-hybridized carbons (Fsp3) is 0. The topological polar surface area (TPSA) is 29.5 Å². The summed E-state index contributed by atoms with van der Waals surface area (Å²) in [7, 11) is 0. The van der Waals surface area contributed by atoms with Crippen LogP contribution in [0.5, 0.6) is 0 Å². The van der Waals surface area contributed by atoms with Crippen LogP contribution in [0.1, 0.15) is 0 Å². The number of hydrogen-bond donors (Lipinski definition) is 0. The molecule has 0 radical (unpaired) electrons. The van der Waals surface area contributed by atoms with Crippen LogP contribution in [0.2, 0.25) is 0 Å². The van der Waals surface area contributed by atoms with Crippen LogP contribution in [0.4, 0.5) is 17.1 Å². The molecule has 2 aromatic heterocycles. The Morgan fingerprint density at radius 2 is 0.770 bits per heavy atom. The second-order valence-corrected chi connectivity index (χ2v) is 15.7. The zero-order valence-corrected chi connectivity index (χ0v) is 33.1. The molecule has 0 bridgehead atoms. The van der Waals surface area contributed by atoms with Gasteiger partial charge in [-0.2, -0.15) is 0 Å². The fourth-order valence-electron chi connectivity index (χ4n) is 9.01. The zero-order valence-electron chi connectivity index (χ0n) is 33.1. The van der Waals surface area contributed by atoms with E-state index in [4.69, 9.17) is 8.83 Å². The Morgan fingerprint density at radius 1 is 0.262 bits per heavy atom. The van der Waals surface area contributed by atoms with Gasteiger partial charge in [-0.15, -0.1) is 0 Å². The molecular formula is C58H37NO2. The second-order valence-electron chi connectivity index (χ2n) is 15.7. The Labute approximate surface area is 353 Å². The van der Waals surface area contributed by atoms with E-state index in [0.29, 0.717) is 0 Å². The normalized spacial score (nSPS) is 11.6. The molecule has 0 amide bonds. The predicted molar refractivity (Wildman–Crippen MR) is 255 cm³/mol. The van der Waals surface area contributed by atoms with Gasteiger partial charge in [-0.05, 0) is 128 Å². The highest BCUT2D eigenvalue weighted by Gasteiger charge is 2.17. The molecule has 0 saturated heterocycles. The van der Waals surface area contributed by atoms with Crippen molar-refractivity contribution < 1.29 is 8.83 Å². The molecule has 12 aromatic rings. The van der Waals surface area contributed by atoms with Gasteiger partial charge in [0, 0.05) is 38.6 Å². The Kier molecular flexibility index (Phi) is 8.17. The van der Waals surface area contributed by atoms with E-state index in [9.17, 15) is 0 Å². The van der Waals surface area contributed by atoms with Crippen molar-refractivity contribution in [3.63, 3.8) is 0 Å². The summed E-state index contributed by atoms with van der Waals surface area (Å²) in [6.07, 6.45) is 0. The zero-order chi connectivity index (χ0) is 40.3. The summed E-state index contributed by atoms with van der Waals surface area (Å²) in [5, 5.41) is 7.01. The van der Waals surface area contributed by atoms with Crippen LogP contribution in [-0.4, -0.2) is 0 Å². The summed E-state index contributed by atoms with van der Waals surface area (Å²) in [6.45, 7) is 0. The highest BCUT2D eigenvalue weighted by molar-refractivity contribution is 6.12. The summed E-state index contributed by atoms with van der Waals surface area (Å²) in [4.78, 5) is 2.35. The molecule has 61 heavy (non-hydrogen) atoms. The first kappa shape index (κ1) is 34.9. The summed E-state index contributed by atoms with van der Waals surface area (Å²) in [5.41, 5.74) is 16.1. The molecule has 286 valence electrons. The smallest absolute Gasteiger partial charge is 0.136 e. The molecule has 3 nitrogen and oxygen atoms in total. The minimum atomic E-state index is 0.888. The molecule has 0 saturated carbocycles. The molecule has 3 heteroatoms. The van der Waals surface area contributed by atoms with Crippen LogP contribution in [0, 0.1) is 0 Å². The summed E-state index contributed by atoms with van der Waals surface area (Å²) in [6, 6.07) is 80.1. The van der Waals surface area contributed by atoms with Crippen molar-refractivity contribution in [2.45, 2.75) is 0 Å². The molecule has 0 fully saturated rings. The number of nitrogens with zero attached hydrogens (tertiary/aromatic N) is 1. The molecule has 0 N–H and O–H groups in total. The molecule has 0 aliphatic carbocycles. The van der Waals surface area contributed by atoms with Gasteiger partial charge in [0.1, 0.15) is 22.3 Å². The van der Waals surface area contributed by atoms with E-state index in [1.807, 2.05) is 24.3 Å². The lowest BCUT2D eigenvalue weighted by Crippen LogP contribution is -2.10. The summed E-state index contributed by atoms with van der Waals surface area (Å²) < 4.78 is 12.4. The molecule has 12 rings (SSSR count). The maximum absolute atomic E-state index is 6.30. The number of hydrogen-bond acceptors (Lipinski definition) is 3. The van der Waals surface area contributed by atoms with Gasteiger partial charge in [0.05, 0.1) is 0 Å². The fourth-order valence-corrected chi connectivity index (χ4v) is 9.01. The van der Waals surface area contributed by atoms with Crippen molar-refractivity contribution in [3.05, 3.63) is 224 Å². The molecule has 0 unspecified atom stereocenters. The first-order chi connectivity index (χ1) is 30.2. The molecular weight excluding hydrogens is 743 g/mol. The molecule has 0 atom stereocenters. The predicted octanol–water partition coefficient (Wildman–Crippen LogP) is 16.8. The van der Waals surface area contributed by atoms with Gasteiger partial charge in [-0.1, -0.05) is 152 Å². The number of rotatable bonds is 7. The minimum Gasteiger partial charge on any atom is -0.456 e. The largest absolute Gasteiger partial charge is 0.456 e. The molecule has 2 heterocycles. The Balaban J connectivity index is 0.924. The van der Waals surface area contributed by atoms with Crippen molar-refractivity contribution in [2.24, 2.45) is 0 Å². The van der Waals surface area contributed by atoms with Gasteiger partial charge in [-0.25, -0.2) is 0 Å². The SMILES string of the molecule is c1cc(-c2cccc3oc4ccccc4c23)cc(N(c2ccc(-c3ccc(-c4ccc5ccccc5c4)cc3)cc2)c2ccc(-c3ccc4oc5ccccc5c4c3)cc2)c1. The number of anilines is 3. The van der Waals surface area contributed by atoms with Crippen molar-refractivity contribution in [1.29, 1.82) is 0 Å². The van der Waals surface area contributed by atoms with E-state index in [-0.39, 0.29) is 0 Å². The lowest BCUT2D eigenvalue weighted by Gasteiger charge is -2.26. The third-order valence-electron chi connectivity index (χ3n) is 12.1. The summed E-state index contributed by atoms with van der Waals surface area (Å²) in [5.74, 6) is 0. The Bertz CT molecular complexity index is 3580. The van der Waals surface area contributed by atoms with Crippen molar-refractivity contribution in [1.82, 2.24) is 0 Å². The van der Waals surface area contributed by atoms with Crippen molar-refractivity contribution >= 4 is 71.7 Å². The highest BCUT2D eigenvalue weighted by atomic mass is 16.3. The average Bonchev–Trinajstić information content (AvgIpc) is 3.90. The van der Waals surface area contributed by atoms with E-state index in [2.05, 4.69) is 205 Å². The van der Waals surface area contributed by atoms with Gasteiger partial charge < -0.3 is 13.7 Å². The molecule has 0 spiro atoms. The van der Waals surface area contributed by atoms with Crippen molar-refractivity contribution in [2.75, 3.05) is 4.90 Å². The van der Waals surface area contributed by atoms with Crippen LogP contribution >= 0.6 is 0 Å². The van der Waals surface area contributed by atoms with Gasteiger partial charge >= 0.3 is 0 Å². The van der Waals surface area contributed by atoms with E-state index < -0.39 is 0 Å². The second kappa shape index (κ2) is 14.3. The first-order valence-electron chi connectivity index (χ1n) is 20.7. The minimum absolute atomic E-state index is 0.888. The van der Waals surface area contributed by atoms with E-state index in [0.717, 1.165) is 83.2 Å². The van der Waals surface area contributed by atoms with Crippen LogP contribution in [0.15, 0.2) is 233 Å². The third-order valence-corrected chi connectivity index (χ3v) is 12.1. The van der Waals surface area contributed by atoms with E-state index in [1.54, 1.807) is 0 Å². The van der Waals surface area contributed by atoms with Crippen LogP contribution in [-0.2, 0) is 0 Å². The summed E-state index contributed by atoms with van der Waals surface area (Å²) >= 11 is 0. The first-order valence-corrected chi connectivity index (χ1v) is 20.7. The average molecular weight is 780 g/mol. The van der Waals surface area contributed by atoms with E-state index in [1.165, 1.54) is 33.0 Å². The lowest BCUT2D eigenvalue weighted by molar-refractivity contribution is 0.668. The van der Waals surface area contributed by atoms with Crippen molar-refractivity contribution in [3.8, 4) is 44.5 Å². The maximum Gasteiger partial charge on any atom is 0.136 e. The Hall–Kier alpha value is -8.14. The third kappa shape index (κ3) is 6.14. The van der Waals surface area contributed by atoms with Gasteiger partial charge in [0.2, 0.25) is 0 Å². The molecule has 0 aliphatic heterocycles. The molecule has 10 aromatic carbocycles. The number of para-hydroxylation sites is 2. The van der Waals surface area contributed by atoms with Crippen LogP contribution in [0.3, 0.4) is 0 Å².